The highest BCUT2D eigenvalue weighted by atomic mass is 32.1. The second-order valence-electron chi connectivity index (χ2n) is 5.62. The molecule has 0 aliphatic carbocycles. The molecule has 132 valence electrons. The van der Waals surface area contributed by atoms with E-state index < -0.39 is 0 Å². The first-order chi connectivity index (χ1) is 12.1. The van der Waals surface area contributed by atoms with E-state index in [4.69, 9.17) is 21.7 Å². The Hall–Kier alpha value is -2.60. The van der Waals surface area contributed by atoms with Crippen molar-refractivity contribution >= 4 is 23.5 Å². The van der Waals surface area contributed by atoms with Crippen molar-refractivity contribution in [3.05, 3.63) is 59.7 Å². The number of ether oxygens (including phenoxy) is 2. The normalized spacial score (nSPS) is 10.7. The molecule has 0 spiro atoms. The zero-order chi connectivity index (χ0) is 18.1. The Morgan fingerprint density at radius 2 is 1.92 bits per heavy atom. The van der Waals surface area contributed by atoms with Crippen LogP contribution in [0.4, 0.5) is 0 Å². The average molecular weight is 357 g/mol. The highest BCUT2D eigenvalue weighted by molar-refractivity contribution is 7.80. The van der Waals surface area contributed by atoms with Crippen LogP contribution in [0.3, 0.4) is 0 Å². The Morgan fingerprint density at radius 3 is 2.60 bits per heavy atom. The Labute approximate surface area is 154 Å². The van der Waals surface area contributed by atoms with E-state index in [0.717, 1.165) is 11.1 Å². The molecule has 0 heterocycles. The van der Waals surface area contributed by atoms with Crippen LogP contribution in [0.1, 0.15) is 25.0 Å². The molecule has 5 nitrogen and oxygen atoms in total. The first kappa shape index (κ1) is 18.7. The molecule has 0 aliphatic rings. The maximum atomic E-state index is 5.69. The number of rotatable bonds is 7. The van der Waals surface area contributed by atoms with Crippen LogP contribution >= 0.6 is 12.2 Å². The van der Waals surface area contributed by atoms with Crippen molar-refractivity contribution in [1.82, 2.24) is 10.7 Å². The minimum Gasteiger partial charge on any atom is -0.493 e. The van der Waals surface area contributed by atoms with Gasteiger partial charge in [-0.2, -0.15) is 5.10 Å². The summed E-state index contributed by atoms with van der Waals surface area (Å²) >= 11 is 5.20. The highest BCUT2D eigenvalue weighted by Crippen LogP contribution is 2.28. The molecule has 0 fully saturated rings. The molecule has 0 amide bonds. The number of hydrogen-bond acceptors (Lipinski definition) is 4. The van der Waals surface area contributed by atoms with Gasteiger partial charge in [0.1, 0.15) is 0 Å². The SMILES string of the molecule is COc1cc(/C=N\NC(=S)NCc2ccccc2)ccc1OC(C)C. The molecule has 2 aromatic carbocycles. The number of hydrogen-bond donors (Lipinski definition) is 2. The zero-order valence-corrected chi connectivity index (χ0v) is 15.5. The van der Waals surface area contributed by atoms with Crippen LogP contribution in [0, 0.1) is 0 Å². The molecule has 0 saturated carbocycles. The zero-order valence-electron chi connectivity index (χ0n) is 14.7. The molecule has 25 heavy (non-hydrogen) atoms. The largest absolute Gasteiger partial charge is 0.493 e. The summed E-state index contributed by atoms with van der Waals surface area (Å²) in [4.78, 5) is 0. The summed E-state index contributed by atoms with van der Waals surface area (Å²) in [6.07, 6.45) is 1.76. The van der Waals surface area contributed by atoms with Crippen molar-refractivity contribution in [3.8, 4) is 11.5 Å². The maximum Gasteiger partial charge on any atom is 0.187 e. The molecule has 0 saturated heterocycles. The van der Waals surface area contributed by atoms with Gasteiger partial charge in [0.2, 0.25) is 0 Å². The van der Waals surface area contributed by atoms with Crippen molar-refractivity contribution in [3.63, 3.8) is 0 Å². The van der Waals surface area contributed by atoms with Gasteiger partial charge in [-0.3, -0.25) is 5.43 Å². The van der Waals surface area contributed by atoms with E-state index in [0.29, 0.717) is 23.2 Å². The van der Waals surface area contributed by atoms with Crippen LogP contribution in [0.5, 0.6) is 11.5 Å². The molecule has 0 atom stereocenters. The standard InChI is InChI=1S/C19H23N3O2S/c1-14(2)24-17-10-9-16(11-18(17)23-3)13-21-22-19(25)20-12-15-7-5-4-6-8-15/h4-11,13-14H,12H2,1-3H3,(H2,20,22,25)/b21-13-. The summed E-state index contributed by atoms with van der Waals surface area (Å²) in [6, 6.07) is 15.7. The molecule has 0 unspecified atom stereocenters. The van der Waals surface area contributed by atoms with Gasteiger partial charge in [-0.15, -0.1) is 0 Å². The molecule has 0 aliphatic heterocycles. The monoisotopic (exact) mass is 357 g/mol. The summed E-state index contributed by atoms with van der Waals surface area (Å²) < 4.78 is 11.0. The summed E-state index contributed by atoms with van der Waals surface area (Å²) in [5, 5.41) is 7.71. The molecular weight excluding hydrogens is 334 g/mol. The van der Waals surface area contributed by atoms with Crippen molar-refractivity contribution in [2.45, 2.75) is 26.5 Å². The predicted octanol–water partition coefficient (Wildman–Crippen LogP) is 3.48. The second kappa shape index (κ2) is 9.64. The van der Waals surface area contributed by atoms with Gasteiger partial charge in [0.15, 0.2) is 16.6 Å². The lowest BCUT2D eigenvalue weighted by Gasteiger charge is -2.13. The van der Waals surface area contributed by atoms with Gasteiger partial charge in [-0.1, -0.05) is 30.3 Å². The van der Waals surface area contributed by atoms with Gasteiger partial charge in [-0.05, 0) is 55.4 Å². The number of thiocarbonyl (C=S) groups is 1. The predicted molar refractivity (Wildman–Crippen MR) is 105 cm³/mol. The first-order valence-electron chi connectivity index (χ1n) is 8.04. The van der Waals surface area contributed by atoms with Crippen molar-refractivity contribution in [2.75, 3.05) is 7.11 Å². The quantitative estimate of drug-likeness (QED) is 0.451. The van der Waals surface area contributed by atoms with Gasteiger partial charge in [0, 0.05) is 6.54 Å². The Balaban J connectivity index is 1.87. The van der Waals surface area contributed by atoms with E-state index in [2.05, 4.69) is 15.8 Å². The Bertz CT molecular complexity index is 718. The molecule has 0 radical (unpaired) electrons. The minimum atomic E-state index is 0.0862. The van der Waals surface area contributed by atoms with Gasteiger partial charge in [0.25, 0.3) is 0 Å². The number of nitrogens with zero attached hydrogens (tertiary/aromatic N) is 1. The second-order valence-corrected chi connectivity index (χ2v) is 6.02. The third-order valence-electron chi connectivity index (χ3n) is 3.23. The van der Waals surface area contributed by atoms with E-state index in [1.165, 1.54) is 0 Å². The van der Waals surface area contributed by atoms with Crippen LogP contribution in [-0.2, 0) is 6.54 Å². The molecule has 6 heteroatoms. The fraction of sp³-hybridized carbons (Fsp3) is 0.263. The summed E-state index contributed by atoms with van der Waals surface area (Å²) in [6.45, 7) is 4.60. The van der Waals surface area contributed by atoms with E-state index in [-0.39, 0.29) is 6.10 Å². The highest BCUT2D eigenvalue weighted by Gasteiger charge is 2.06. The van der Waals surface area contributed by atoms with Crippen LogP contribution in [-0.4, -0.2) is 24.5 Å². The molecule has 0 aromatic heterocycles. The van der Waals surface area contributed by atoms with Crippen LogP contribution in [0.15, 0.2) is 53.6 Å². The van der Waals surface area contributed by atoms with Gasteiger partial charge >= 0.3 is 0 Å². The summed E-state index contributed by atoms with van der Waals surface area (Å²) in [5.41, 5.74) is 4.84. The lowest BCUT2D eigenvalue weighted by Crippen LogP contribution is -2.31. The maximum absolute atomic E-state index is 5.69. The van der Waals surface area contributed by atoms with E-state index >= 15 is 0 Å². The smallest absolute Gasteiger partial charge is 0.187 e. The third-order valence-corrected chi connectivity index (χ3v) is 3.46. The van der Waals surface area contributed by atoms with Crippen LogP contribution in [0.25, 0.3) is 0 Å². The number of hydrazone groups is 1. The van der Waals surface area contributed by atoms with Crippen molar-refractivity contribution in [2.24, 2.45) is 5.10 Å². The molecule has 2 N–H and O–H groups in total. The Morgan fingerprint density at radius 1 is 1.16 bits per heavy atom. The van der Waals surface area contributed by atoms with E-state index in [1.807, 2.05) is 62.4 Å². The minimum absolute atomic E-state index is 0.0862. The van der Waals surface area contributed by atoms with Crippen molar-refractivity contribution < 1.29 is 9.47 Å². The van der Waals surface area contributed by atoms with E-state index in [9.17, 15) is 0 Å². The van der Waals surface area contributed by atoms with Gasteiger partial charge in [-0.25, -0.2) is 0 Å². The van der Waals surface area contributed by atoms with E-state index in [1.54, 1.807) is 13.3 Å². The summed E-state index contributed by atoms with van der Waals surface area (Å²) in [7, 11) is 1.62. The van der Waals surface area contributed by atoms with Crippen molar-refractivity contribution in [1.29, 1.82) is 0 Å². The van der Waals surface area contributed by atoms with Gasteiger partial charge < -0.3 is 14.8 Å². The molecule has 0 bridgehead atoms. The van der Waals surface area contributed by atoms with Crippen LogP contribution < -0.4 is 20.2 Å². The number of methoxy groups -OCH3 is 1. The lowest BCUT2D eigenvalue weighted by atomic mass is 10.2. The summed E-state index contributed by atoms with van der Waals surface area (Å²) in [5.74, 6) is 1.38. The molecule has 2 aromatic rings. The molecular formula is C19H23N3O2S. The fourth-order valence-corrected chi connectivity index (χ4v) is 2.22. The number of nitrogens with one attached hydrogen (secondary N) is 2. The average Bonchev–Trinajstić information content (AvgIpc) is 2.61. The van der Waals surface area contributed by atoms with Gasteiger partial charge in [0.05, 0.1) is 19.4 Å². The topological polar surface area (TPSA) is 54.9 Å². The first-order valence-corrected chi connectivity index (χ1v) is 8.45. The number of benzene rings is 2. The lowest BCUT2D eigenvalue weighted by molar-refractivity contribution is 0.230. The third kappa shape index (κ3) is 6.43. The molecule has 2 rings (SSSR count). The Kier molecular flexibility index (Phi) is 7.22. The van der Waals surface area contributed by atoms with Crippen LogP contribution in [0.2, 0.25) is 0 Å². The fourth-order valence-electron chi connectivity index (χ4n) is 2.10.